The molecular formula is C14H13Cl2N5O. The molecule has 0 saturated carbocycles. The maximum atomic E-state index is 12.8. The monoisotopic (exact) mass is 337 g/mol. The number of halogens is 2. The Kier molecular flexibility index (Phi) is 3.58. The highest BCUT2D eigenvalue weighted by Gasteiger charge is 2.35. The summed E-state index contributed by atoms with van der Waals surface area (Å²) in [7, 11) is 0. The van der Waals surface area contributed by atoms with Crippen molar-refractivity contribution in [2.24, 2.45) is 0 Å². The molecule has 1 aliphatic heterocycles. The van der Waals surface area contributed by atoms with Crippen molar-refractivity contribution in [3.05, 3.63) is 45.1 Å². The Labute approximate surface area is 137 Å². The molecule has 0 aliphatic carbocycles. The molecule has 0 fully saturated rings. The number of nitrogens with two attached hydrogens (primary N) is 2. The van der Waals surface area contributed by atoms with E-state index in [1.807, 2.05) is 6.92 Å². The van der Waals surface area contributed by atoms with E-state index in [1.54, 1.807) is 23.1 Å². The van der Waals surface area contributed by atoms with Crippen LogP contribution in [0.1, 0.15) is 34.6 Å². The van der Waals surface area contributed by atoms with Crippen LogP contribution in [0.25, 0.3) is 0 Å². The largest absolute Gasteiger partial charge is 0.383 e. The van der Waals surface area contributed by atoms with Crippen molar-refractivity contribution < 1.29 is 4.79 Å². The number of carbonyl (C=O) groups excluding carboxylic acids is 1. The Morgan fingerprint density at radius 2 is 2.05 bits per heavy atom. The van der Waals surface area contributed by atoms with Gasteiger partial charge in [0.05, 0.1) is 28.9 Å². The van der Waals surface area contributed by atoms with Crippen LogP contribution in [-0.2, 0) is 6.54 Å². The molecule has 6 nitrogen and oxygen atoms in total. The van der Waals surface area contributed by atoms with Crippen LogP contribution >= 0.6 is 23.2 Å². The SMILES string of the molecule is CC1c2nc(N)nc(N)c2CN1C(=O)c1cc(Cl)ccc1Cl. The number of aromatic nitrogens is 2. The second-order valence-electron chi connectivity index (χ2n) is 5.06. The second-order valence-corrected chi connectivity index (χ2v) is 5.91. The first-order chi connectivity index (χ1) is 10.4. The van der Waals surface area contributed by atoms with Crippen LogP contribution in [0.15, 0.2) is 18.2 Å². The Morgan fingerprint density at radius 3 is 2.77 bits per heavy atom. The predicted octanol–water partition coefficient (Wildman–Crippen LogP) is 2.66. The van der Waals surface area contributed by atoms with Gasteiger partial charge in [0.25, 0.3) is 5.91 Å². The number of hydrogen-bond donors (Lipinski definition) is 2. The highest BCUT2D eigenvalue weighted by Crippen LogP contribution is 2.36. The number of fused-ring (bicyclic) bond motifs is 1. The Bertz CT molecular complexity index is 780. The van der Waals surface area contributed by atoms with Gasteiger partial charge in [0.2, 0.25) is 5.95 Å². The van der Waals surface area contributed by atoms with E-state index in [2.05, 4.69) is 9.97 Å². The zero-order chi connectivity index (χ0) is 16.0. The molecule has 1 atom stereocenters. The zero-order valence-corrected chi connectivity index (χ0v) is 13.2. The number of carbonyl (C=O) groups is 1. The summed E-state index contributed by atoms with van der Waals surface area (Å²) >= 11 is 12.1. The molecule has 1 unspecified atom stereocenters. The summed E-state index contributed by atoms with van der Waals surface area (Å²) in [6, 6.07) is 4.50. The fourth-order valence-corrected chi connectivity index (χ4v) is 2.93. The van der Waals surface area contributed by atoms with Gasteiger partial charge in [0.1, 0.15) is 5.82 Å². The van der Waals surface area contributed by atoms with Crippen LogP contribution in [0.2, 0.25) is 10.0 Å². The zero-order valence-electron chi connectivity index (χ0n) is 11.7. The lowest BCUT2D eigenvalue weighted by molar-refractivity contribution is 0.0703. The van der Waals surface area contributed by atoms with Crippen LogP contribution in [-0.4, -0.2) is 20.8 Å². The molecule has 2 heterocycles. The molecule has 1 aliphatic rings. The number of hydrogen-bond acceptors (Lipinski definition) is 5. The van der Waals surface area contributed by atoms with E-state index in [0.29, 0.717) is 39.2 Å². The van der Waals surface area contributed by atoms with Gasteiger partial charge < -0.3 is 16.4 Å². The maximum absolute atomic E-state index is 12.8. The Balaban J connectivity index is 1.99. The van der Waals surface area contributed by atoms with Crippen molar-refractivity contribution in [1.29, 1.82) is 0 Å². The summed E-state index contributed by atoms with van der Waals surface area (Å²) in [4.78, 5) is 22.5. The maximum Gasteiger partial charge on any atom is 0.256 e. The highest BCUT2D eigenvalue weighted by atomic mass is 35.5. The third-order valence-corrected chi connectivity index (χ3v) is 4.26. The Morgan fingerprint density at radius 1 is 1.32 bits per heavy atom. The van der Waals surface area contributed by atoms with Crippen molar-refractivity contribution in [2.45, 2.75) is 19.5 Å². The molecule has 4 N–H and O–H groups in total. The van der Waals surface area contributed by atoms with Gasteiger partial charge >= 0.3 is 0 Å². The van der Waals surface area contributed by atoms with Gasteiger partial charge in [-0.15, -0.1) is 0 Å². The molecule has 0 spiro atoms. The summed E-state index contributed by atoms with van der Waals surface area (Å²) in [5.74, 6) is 0.149. The summed E-state index contributed by atoms with van der Waals surface area (Å²) in [5.41, 5.74) is 13.2. The topological polar surface area (TPSA) is 98.1 Å². The third kappa shape index (κ3) is 2.34. The number of nitrogens with zero attached hydrogens (tertiary/aromatic N) is 3. The smallest absolute Gasteiger partial charge is 0.256 e. The fraction of sp³-hybridized carbons (Fsp3) is 0.214. The number of nitrogen functional groups attached to an aromatic ring is 2. The van der Waals surface area contributed by atoms with Crippen molar-refractivity contribution in [3.8, 4) is 0 Å². The van der Waals surface area contributed by atoms with Crippen molar-refractivity contribution in [2.75, 3.05) is 11.5 Å². The first-order valence-electron chi connectivity index (χ1n) is 6.56. The van der Waals surface area contributed by atoms with Gasteiger partial charge in [-0.3, -0.25) is 4.79 Å². The number of amides is 1. The van der Waals surface area contributed by atoms with E-state index in [0.717, 1.165) is 0 Å². The van der Waals surface area contributed by atoms with Gasteiger partial charge in [0, 0.05) is 10.6 Å². The molecule has 0 saturated heterocycles. The molecule has 3 rings (SSSR count). The summed E-state index contributed by atoms with van der Waals surface area (Å²) in [6.45, 7) is 2.17. The normalized spacial score (nSPS) is 16.7. The van der Waals surface area contributed by atoms with Crippen LogP contribution in [0, 0.1) is 0 Å². The molecule has 22 heavy (non-hydrogen) atoms. The molecule has 114 valence electrons. The molecular weight excluding hydrogens is 325 g/mol. The minimum Gasteiger partial charge on any atom is -0.383 e. The van der Waals surface area contributed by atoms with Gasteiger partial charge in [-0.25, -0.2) is 4.98 Å². The molecule has 1 aromatic heterocycles. The molecule has 1 amide bonds. The third-order valence-electron chi connectivity index (χ3n) is 3.70. The van der Waals surface area contributed by atoms with E-state index in [4.69, 9.17) is 34.7 Å². The summed E-state index contributed by atoms with van der Waals surface area (Å²) in [6.07, 6.45) is 0. The van der Waals surface area contributed by atoms with E-state index in [1.165, 1.54) is 0 Å². The number of anilines is 2. The minimum absolute atomic E-state index is 0.0955. The van der Waals surface area contributed by atoms with E-state index in [9.17, 15) is 4.79 Å². The van der Waals surface area contributed by atoms with Crippen molar-refractivity contribution in [3.63, 3.8) is 0 Å². The first-order valence-corrected chi connectivity index (χ1v) is 7.32. The van der Waals surface area contributed by atoms with Gasteiger partial charge in [0.15, 0.2) is 0 Å². The van der Waals surface area contributed by atoms with Gasteiger partial charge in [-0.1, -0.05) is 23.2 Å². The standard InChI is InChI=1S/C14H13Cl2N5O/c1-6-11-9(12(17)20-14(18)19-11)5-21(6)13(22)8-4-7(15)2-3-10(8)16/h2-4,6H,5H2,1H3,(H4,17,18,19,20). The summed E-state index contributed by atoms with van der Waals surface area (Å²) in [5, 5.41) is 0.789. The minimum atomic E-state index is -0.273. The molecule has 0 radical (unpaired) electrons. The first kappa shape index (κ1) is 14.9. The molecule has 2 aromatic rings. The lowest BCUT2D eigenvalue weighted by atomic mass is 10.1. The average molecular weight is 338 g/mol. The quantitative estimate of drug-likeness (QED) is 0.833. The Hall–Kier alpha value is -2.05. The van der Waals surface area contributed by atoms with E-state index >= 15 is 0 Å². The predicted molar refractivity (Wildman–Crippen MR) is 85.6 cm³/mol. The van der Waals surface area contributed by atoms with E-state index in [-0.39, 0.29) is 17.9 Å². The van der Waals surface area contributed by atoms with Crippen LogP contribution in [0.4, 0.5) is 11.8 Å². The number of benzene rings is 1. The van der Waals surface area contributed by atoms with E-state index < -0.39 is 0 Å². The van der Waals surface area contributed by atoms with Crippen molar-refractivity contribution in [1.82, 2.24) is 14.9 Å². The fourth-order valence-electron chi connectivity index (χ4n) is 2.56. The lowest BCUT2D eigenvalue weighted by Gasteiger charge is -2.22. The van der Waals surface area contributed by atoms with Gasteiger partial charge in [-0.2, -0.15) is 4.98 Å². The van der Waals surface area contributed by atoms with Crippen molar-refractivity contribution >= 4 is 40.9 Å². The van der Waals surface area contributed by atoms with Crippen LogP contribution < -0.4 is 11.5 Å². The number of rotatable bonds is 1. The molecule has 8 heteroatoms. The molecule has 0 bridgehead atoms. The second kappa shape index (κ2) is 5.30. The average Bonchev–Trinajstić information content (AvgIpc) is 2.79. The summed E-state index contributed by atoms with van der Waals surface area (Å²) < 4.78 is 0. The highest BCUT2D eigenvalue weighted by molar-refractivity contribution is 6.35. The van der Waals surface area contributed by atoms with Crippen LogP contribution in [0.5, 0.6) is 0 Å². The molecule has 1 aromatic carbocycles. The van der Waals surface area contributed by atoms with Crippen LogP contribution in [0.3, 0.4) is 0 Å². The lowest BCUT2D eigenvalue weighted by Crippen LogP contribution is -2.28. The van der Waals surface area contributed by atoms with Gasteiger partial charge in [-0.05, 0) is 25.1 Å².